The Morgan fingerprint density at radius 3 is 2.39 bits per heavy atom. The smallest absolute Gasteiger partial charge is 0.104 e. The van der Waals surface area contributed by atoms with Crippen LogP contribution in [0.4, 0.5) is 5.69 Å². The molecule has 2 heterocycles. The highest BCUT2D eigenvalue weighted by Crippen LogP contribution is 2.44. The molecule has 0 amide bonds. The van der Waals surface area contributed by atoms with Crippen LogP contribution in [0.2, 0.25) is 0 Å². The van der Waals surface area contributed by atoms with Crippen LogP contribution in [0.3, 0.4) is 0 Å². The van der Waals surface area contributed by atoms with E-state index in [0.717, 1.165) is 11.3 Å². The van der Waals surface area contributed by atoms with Crippen LogP contribution in [0, 0.1) is 6.92 Å². The Morgan fingerprint density at radius 2 is 1.65 bits per heavy atom. The molecule has 23 heavy (non-hydrogen) atoms. The number of para-hydroxylation sites is 1. The topological polar surface area (TPSA) is 6.48 Å². The zero-order valence-electron chi connectivity index (χ0n) is 14.8. The number of rotatable bonds is 2. The van der Waals surface area contributed by atoms with E-state index >= 15 is 0 Å². The molecule has 0 fully saturated rings. The number of allylic oxidation sites excluding steroid dienone is 2. The van der Waals surface area contributed by atoms with Crippen molar-refractivity contribution in [3.63, 3.8) is 0 Å². The number of hydrogen-bond acceptors (Lipinski definition) is 2. The Hall–Kier alpha value is -2.48. The molecule has 0 aromatic heterocycles. The van der Waals surface area contributed by atoms with Gasteiger partial charge in [-0.25, -0.2) is 0 Å². The monoisotopic (exact) mass is 303 g/mol. The zero-order valence-corrected chi connectivity index (χ0v) is 13.8. The van der Waals surface area contributed by atoms with Gasteiger partial charge in [0.05, 0.1) is 13.1 Å². The molecular formula is C21H22N2. The molecule has 2 aliphatic heterocycles. The van der Waals surface area contributed by atoms with Crippen molar-refractivity contribution in [1.82, 2.24) is 4.90 Å². The normalized spacial score (nSPS) is 26.7. The lowest BCUT2D eigenvalue weighted by molar-refractivity contribution is 0.272. The predicted octanol–water partition coefficient (Wildman–Crippen LogP) is 5.01. The van der Waals surface area contributed by atoms with Crippen LogP contribution >= 0.6 is 0 Å². The molecule has 2 aromatic carbocycles. The van der Waals surface area contributed by atoms with Crippen LogP contribution in [0.5, 0.6) is 0 Å². The molecule has 4 rings (SSSR count). The Kier molecular flexibility index (Phi) is 3.00. The largest absolute Gasteiger partial charge is 0.339 e. The van der Waals surface area contributed by atoms with E-state index in [1.54, 1.807) is 0 Å². The first-order valence-electron chi connectivity index (χ1n) is 8.64. The number of benzene rings is 2. The number of aryl methyl sites for hydroxylation is 1. The third-order valence-corrected chi connectivity index (χ3v) is 4.84. The fraction of sp³-hybridized carbons (Fsp3) is 0.238. The fourth-order valence-electron chi connectivity index (χ4n) is 3.72. The second-order valence-corrected chi connectivity index (χ2v) is 6.21. The molecule has 0 saturated carbocycles. The van der Waals surface area contributed by atoms with E-state index in [1.807, 2.05) is 36.4 Å². The van der Waals surface area contributed by atoms with E-state index in [9.17, 15) is 0 Å². The summed E-state index contributed by atoms with van der Waals surface area (Å²) < 4.78 is 9.15. The van der Waals surface area contributed by atoms with E-state index in [1.165, 1.54) is 16.9 Å². The molecule has 0 spiro atoms. The molecule has 0 radical (unpaired) electrons. The van der Waals surface area contributed by atoms with Crippen LogP contribution in [0.15, 0.2) is 78.1 Å². The van der Waals surface area contributed by atoms with Gasteiger partial charge < -0.3 is 9.80 Å². The number of fused-ring (bicyclic) bond motifs is 1. The SMILES string of the molecule is [2H]C1(c2ccccc2)C=CC2=C(C)N(c3ccccc3C)C(C)N21. The number of nitrogens with zero attached hydrogens (tertiary/aromatic N) is 2. The second kappa shape index (κ2) is 5.31. The first-order valence-corrected chi connectivity index (χ1v) is 8.14. The van der Waals surface area contributed by atoms with Crippen LogP contribution in [-0.2, 0) is 0 Å². The summed E-state index contributed by atoms with van der Waals surface area (Å²) in [4.78, 5) is 4.56. The van der Waals surface area contributed by atoms with E-state index in [2.05, 4.69) is 60.9 Å². The van der Waals surface area contributed by atoms with Crippen molar-refractivity contribution >= 4 is 5.69 Å². The van der Waals surface area contributed by atoms with Crippen molar-refractivity contribution in [2.24, 2.45) is 0 Å². The van der Waals surface area contributed by atoms with Crippen molar-refractivity contribution in [2.75, 3.05) is 4.90 Å². The van der Waals surface area contributed by atoms with Gasteiger partial charge in [0.15, 0.2) is 0 Å². The Morgan fingerprint density at radius 1 is 0.957 bits per heavy atom. The van der Waals surface area contributed by atoms with Gasteiger partial charge in [-0.1, -0.05) is 54.6 Å². The maximum atomic E-state index is 9.15. The van der Waals surface area contributed by atoms with Crippen LogP contribution in [-0.4, -0.2) is 11.1 Å². The quantitative estimate of drug-likeness (QED) is 0.770. The predicted molar refractivity (Wildman–Crippen MR) is 96.0 cm³/mol. The van der Waals surface area contributed by atoms with Gasteiger partial charge in [0.1, 0.15) is 6.17 Å². The third kappa shape index (κ3) is 2.09. The van der Waals surface area contributed by atoms with Crippen LogP contribution in [0.25, 0.3) is 0 Å². The first kappa shape index (κ1) is 13.0. The maximum absolute atomic E-state index is 9.15. The van der Waals surface area contributed by atoms with Gasteiger partial charge in [0.25, 0.3) is 0 Å². The van der Waals surface area contributed by atoms with Gasteiger partial charge in [-0.2, -0.15) is 0 Å². The van der Waals surface area contributed by atoms with Gasteiger partial charge in [-0.3, -0.25) is 0 Å². The molecule has 0 bridgehead atoms. The van der Waals surface area contributed by atoms with Crippen molar-refractivity contribution in [3.8, 4) is 0 Å². The minimum Gasteiger partial charge on any atom is -0.339 e. The maximum Gasteiger partial charge on any atom is 0.104 e. The highest BCUT2D eigenvalue weighted by molar-refractivity contribution is 5.62. The molecule has 2 unspecified atom stereocenters. The van der Waals surface area contributed by atoms with Gasteiger partial charge in [0, 0.05) is 11.4 Å². The van der Waals surface area contributed by atoms with Gasteiger partial charge in [-0.05, 0) is 44.0 Å². The summed E-state index contributed by atoms with van der Waals surface area (Å²) in [6.45, 7) is 6.48. The Bertz CT molecular complexity index is 840. The van der Waals surface area contributed by atoms with Crippen molar-refractivity contribution in [2.45, 2.75) is 33.0 Å². The molecule has 2 aliphatic rings. The summed E-state index contributed by atoms with van der Waals surface area (Å²) in [5.41, 5.74) is 5.82. The van der Waals surface area contributed by atoms with E-state index in [4.69, 9.17) is 1.37 Å². The number of hydrogen-bond donors (Lipinski definition) is 0. The van der Waals surface area contributed by atoms with E-state index in [-0.39, 0.29) is 6.17 Å². The lowest BCUT2D eigenvalue weighted by Gasteiger charge is -2.35. The van der Waals surface area contributed by atoms with E-state index < -0.39 is 6.02 Å². The molecule has 2 heteroatoms. The van der Waals surface area contributed by atoms with Gasteiger partial charge in [-0.15, -0.1) is 0 Å². The standard InChI is InChI=1S/C21H22N2/c1-15-9-7-8-12-19(15)22-16(2)20-13-14-21(23(20)17(22)3)18-10-5-4-6-11-18/h4-14,17,21H,1-3H3/i21D. The molecule has 0 aliphatic carbocycles. The van der Waals surface area contributed by atoms with Crippen LogP contribution < -0.4 is 4.90 Å². The summed E-state index contributed by atoms with van der Waals surface area (Å²) in [5, 5.41) is 0. The molecular weight excluding hydrogens is 280 g/mol. The highest BCUT2D eigenvalue weighted by Gasteiger charge is 2.39. The van der Waals surface area contributed by atoms with Crippen molar-refractivity contribution < 1.29 is 1.37 Å². The molecule has 2 atom stereocenters. The van der Waals surface area contributed by atoms with Crippen molar-refractivity contribution in [3.05, 3.63) is 89.3 Å². The van der Waals surface area contributed by atoms with E-state index in [0.29, 0.717) is 0 Å². The Balaban J connectivity index is 1.81. The average Bonchev–Trinajstić information content (AvgIpc) is 3.07. The fourth-order valence-corrected chi connectivity index (χ4v) is 3.72. The van der Waals surface area contributed by atoms with Crippen molar-refractivity contribution in [1.29, 1.82) is 0 Å². The first-order chi connectivity index (χ1) is 11.5. The van der Waals surface area contributed by atoms with Crippen LogP contribution in [0.1, 0.15) is 32.4 Å². The molecule has 2 aromatic rings. The summed E-state index contributed by atoms with van der Waals surface area (Å²) in [6, 6.07) is 17.7. The molecule has 0 N–H and O–H groups in total. The Labute approximate surface area is 139 Å². The lowest BCUT2D eigenvalue weighted by Crippen LogP contribution is -2.38. The minimum absolute atomic E-state index is 0.0915. The highest BCUT2D eigenvalue weighted by atomic mass is 15.4. The summed E-state index contributed by atoms with van der Waals surface area (Å²) in [5.74, 6) is 0. The summed E-state index contributed by atoms with van der Waals surface area (Å²) in [6.07, 6.45) is 4.20. The molecule has 2 nitrogen and oxygen atoms in total. The lowest BCUT2D eigenvalue weighted by atomic mass is 10.1. The minimum atomic E-state index is -0.852. The molecule has 116 valence electrons. The third-order valence-electron chi connectivity index (χ3n) is 4.84. The second-order valence-electron chi connectivity index (χ2n) is 6.21. The molecule has 0 saturated heterocycles. The number of anilines is 1. The average molecular weight is 303 g/mol. The summed E-state index contributed by atoms with van der Waals surface area (Å²) in [7, 11) is 0. The van der Waals surface area contributed by atoms with Gasteiger partial charge >= 0.3 is 0 Å². The zero-order chi connectivity index (χ0) is 16.9. The summed E-state index contributed by atoms with van der Waals surface area (Å²) >= 11 is 0. The van der Waals surface area contributed by atoms with Gasteiger partial charge in [0.2, 0.25) is 0 Å².